The fourth-order valence-corrected chi connectivity index (χ4v) is 1.58. The third-order valence-corrected chi connectivity index (χ3v) is 2.56. The van der Waals surface area contributed by atoms with Crippen LogP contribution in [0.4, 0.5) is 0 Å². The number of aromatic nitrogens is 2. The first kappa shape index (κ1) is 10.1. The molecule has 3 nitrogen and oxygen atoms in total. The van der Waals surface area contributed by atoms with Crippen molar-refractivity contribution in [3.05, 3.63) is 62.7 Å². The van der Waals surface area contributed by atoms with E-state index < -0.39 is 0 Å². The number of nitrogens with one attached hydrogen (secondary N) is 1. The van der Waals surface area contributed by atoms with Crippen LogP contribution in [-0.2, 0) is 6.42 Å². The van der Waals surface area contributed by atoms with Gasteiger partial charge in [0.2, 0.25) is 0 Å². The Morgan fingerprint density at radius 2 is 2.00 bits per heavy atom. The van der Waals surface area contributed by atoms with Crippen molar-refractivity contribution in [1.82, 2.24) is 9.97 Å². The van der Waals surface area contributed by atoms with E-state index in [4.69, 9.17) is 0 Å². The Hall–Kier alpha value is -1.42. The maximum Gasteiger partial charge on any atom is 0.250 e. The molecule has 2 rings (SSSR count). The molecule has 0 fully saturated rings. The van der Waals surface area contributed by atoms with Crippen molar-refractivity contribution in [2.75, 3.05) is 0 Å². The Morgan fingerprint density at radius 1 is 1.27 bits per heavy atom. The highest BCUT2D eigenvalue weighted by atomic mass is 79.9. The lowest BCUT2D eigenvalue weighted by atomic mass is 10.1. The van der Waals surface area contributed by atoms with Crippen molar-refractivity contribution in [3.63, 3.8) is 0 Å². The normalized spacial score (nSPS) is 10.2. The average molecular weight is 265 g/mol. The first-order valence-corrected chi connectivity index (χ1v) is 5.31. The molecule has 0 aliphatic heterocycles. The number of hydrogen-bond donors (Lipinski definition) is 1. The van der Waals surface area contributed by atoms with E-state index in [-0.39, 0.29) is 5.56 Å². The molecule has 0 saturated carbocycles. The average Bonchev–Trinajstić information content (AvgIpc) is 2.22. The lowest BCUT2D eigenvalue weighted by Crippen LogP contribution is -2.06. The third-order valence-electron chi connectivity index (χ3n) is 2.03. The van der Waals surface area contributed by atoms with Gasteiger partial charge in [0.1, 0.15) is 0 Å². The predicted octanol–water partition coefficient (Wildman–Crippen LogP) is 2.12. The predicted molar refractivity (Wildman–Crippen MR) is 61.8 cm³/mol. The van der Waals surface area contributed by atoms with E-state index >= 15 is 0 Å². The van der Waals surface area contributed by atoms with Crippen LogP contribution in [0.3, 0.4) is 0 Å². The molecule has 1 N–H and O–H groups in total. The molecule has 0 atom stereocenters. The van der Waals surface area contributed by atoms with E-state index in [9.17, 15) is 4.79 Å². The monoisotopic (exact) mass is 264 g/mol. The van der Waals surface area contributed by atoms with E-state index in [2.05, 4.69) is 25.9 Å². The van der Waals surface area contributed by atoms with Crippen LogP contribution in [0.5, 0.6) is 0 Å². The van der Waals surface area contributed by atoms with Crippen LogP contribution >= 0.6 is 15.9 Å². The Morgan fingerprint density at radius 3 is 2.67 bits per heavy atom. The van der Waals surface area contributed by atoms with Crippen molar-refractivity contribution in [1.29, 1.82) is 0 Å². The fraction of sp³-hybridized carbons (Fsp3) is 0.0909. The summed E-state index contributed by atoms with van der Waals surface area (Å²) < 4.78 is 1.05. The van der Waals surface area contributed by atoms with Crippen LogP contribution < -0.4 is 5.56 Å². The van der Waals surface area contributed by atoms with E-state index in [1.165, 1.54) is 12.4 Å². The van der Waals surface area contributed by atoms with Gasteiger partial charge in [0.05, 0.1) is 12.0 Å². The summed E-state index contributed by atoms with van der Waals surface area (Å²) in [5.74, 6) is 0. The number of H-pyrrole nitrogens is 1. The molecule has 76 valence electrons. The molecule has 0 unspecified atom stereocenters. The molecule has 1 heterocycles. The highest BCUT2D eigenvalue weighted by molar-refractivity contribution is 9.10. The lowest BCUT2D eigenvalue weighted by molar-refractivity contribution is 1.00. The molecule has 0 saturated heterocycles. The molecule has 15 heavy (non-hydrogen) atoms. The van der Waals surface area contributed by atoms with Gasteiger partial charge in [-0.3, -0.25) is 4.79 Å². The van der Waals surface area contributed by atoms with Gasteiger partial charge >= 0.3 is 0 Å². The van der Waals surface area contributed by atoms with E-state index in [1.54, 1.807) is 0 Å². The number of halogens is 1. The van der Waals surface area contributed by atoms with Crippen LogP contribution in [0.2, 0.25) is 0 Å². The molecule has 4 heteroatoms. The molecule has 0 spiro atoms. The topological polar surface area (TPSA) is 45.8 Å². The summed E-state index contributed by atoms with van der Waals surface area (Å²) in [6.45, 7) is 0. The summed E-state index contributed by atoms with van der Waals surface area (Å²) in [4.78, 5) is 17.6. The smallest absolute Gasteiger partial charge is 0.250 e. The van der Waals surface area contributed by atoms with E-state index in [0.717, 1.165) is 15.7 Å². The van der Waals surface area contributed by atoms with Gasteiger partial charge in [-0.1, -0.05) is 28.1 Å². The second kappa shape index (κ2) is 4.40. The van der Waals surface area contributed by atoms with Crippen LogP contribution in [-0.4, -0.2) is 9.97 Å². The van der Waals surface area contributed by atoms with Gasteiger partial charge in [-0.2, -0.15) is 0 Å². The largest absolute Gasteiger partial charge is 0.313 e. The molecule has 2 aromatic rings. The van der Waals surface area contributed by atoms with Crippen molar-refractivity contribution >= 4 is 15.9 Å². The van der Waals surface area contributed by atoms with Gasteiger partial charge in [0.15, 0.2) is 0 Å². The molecular formula is C11H9BrN2O. The summed E-state index contributed by atoms with van der Waals surface area (Å²) in [6, 6.07) is 9.48. The van der Waals surface area contributed by atoms with Crippen molar-refractivity contribution in [3.8, 4) is 0 Å². The number of hydrogen-bond acceptors (Lipinski definition) is 2. The summed E-state index contributed by atoms with van der Waals surface area (Å²) in [6.07, 6.45) is 2.10. The number of aromatic amines is 1. The van der Waals surface area contributed by atoms with Gasteiger partial charge in [0.25, 0.3) is 5.56 Å². The Labute approximate surface area is 95.3 Å². The molecule has 0 amide bonds. The second-order valence-corrected chi connectivity index (χ2v) is 4.12. The summed E-state index contributed by atoms with van der Waals surface area (Å²) >= 11 is 3.37. The minimum Gasteiger partial charge on any atom is -0.313 e. The van der Waals surface area contributed by atoms with Crippen molar-refractivity contribution in [2.24, 2.45) is 0 Å². The summed E-state index contributed by atoms with van der Waals surface area (Å²) in [5.41, 5.74) is 1.80. The molecule has 1 aromatic heterocycles. The Bertz CT molecular complexity index is 504. The Balaban J connectivity index is 2.22. The van der Waals surface area contributed by atoms with Crippen LogP contribution in [0.25, 0.3) is 0 Å². The zero-order valence-electron chi connectivity index (χ0n) is 7.90. The maximum atomic E-state index is 11.0. The maximum absolute atomic E-state index is 11.0. The quantitative estimate of drug-likeness (QED) is 0.904. The van der Waals surface area contributed by atoms with E-state index in [1.807, 2.05) is 24.3 Å². The molecular weight excluding hydrogens is 256 g/mol. The lowest BCUT2D eigenvalue weighted by Gasteiger charge is -2.00. The molecule has 1 aromatic carbocycles. The highest BCUT2D eigenvalue weighted by Crippen LogP contribution is 2.12. The van der Waals surface area contributed by atoms with Gasteiger partial charge in [-0.15, -0.1) is 0 Å². The van der Waals surface area contributed by atoms with Crippen LogP contribution in [0.1, 0.15) is 11.3 Å². The number of nitrogens with zero attached hydrogens (tertiary/aromatic N) is 1. The third kappa shape index (κ3) is 2.76. The van der Waals surface area contributed by atoms with Gasteiger partial charge < -0.3 is 4.98 Å². The van der Waals surface area contributed by atoms with E-state index in [0.29, 0.717) is 6.42 Å². The zero-order chi connectivity index (χ0) is 10.7. The van der Waals surface area contributed by atoms with Crippen LogP contribution in [0, 0.1) is 0 Å². The minimum atomic E-state index is -0.114. The molecule has 0 radical (unpaired) electrons. The van der Waals surface area contributed by atoms with Crippen molar-refractivity contribution in [2.45, 2.75) is 6.42 Å². The molecule has 0 aliphatic carbocycles. The second-order valence-electron chi connectivity index (χ2n) is 3.21. The van der Waals surface area contributed by atoms with Crippen molar-refractivity contribution < 1.29 is 0 Å². The molecule has 0 bridgehead atoms. The summed E-state index contributed by atoms with van der Waals surface area (Å²) in [5, 5.41) is 0. The van der Waals surface area contributed by atoms with Gasteiger partial charge in [-0.05, 0) is 17.7 Å². The highest BCUT2D eigenvalue weighted by Gasteiger charge is 1.98. The fourth-order valence-electron chi connectivity index (χ4n) is 1.32. The first-order valence-electron chi connectivity index (χ1n) is 4.52. The summed E-state index contributed by atoms with van der Waals surface area (Å²) in [7, 11) is 0. The first-order chi connectivity index (χ1) is 7.24. The van der Waals surface area contributed by atoms with Gasteiger partial charge in [0, 0.05) is 17.0 Å². The Kier molecular flexibility index (Phi) is 2.97. The standard InChI is InChI=1S/C11H9BrN2O/c12-9-3-1-8(2-4-9)5-10-6-11(15)14-7-13-10/h1-4,6-7H,5H2,(H,13,14,15). The number of benzene rings is 1. The number of rotatable bonds is 2. The minimum absolute atomic E-state index is 0.114. The molecule has 0 aliphatic rings. The van der Waals surface area contributed by atoms with Gasteiger partial charge in [-0.25, -0.2) is 4.98 Å². The zero-order valence-corrected chi connectivity index (χ0v) is 9.49. The SMILES string of the molecule is O=c1cc(Cc2ccc(Br)cc2)nc[nH]1. The van der Waals surface area contributed by atoms with Crippen LogP contribution in [0.15, 0.2) is 45.9 Å².